The molecular formula is C12H13BrO3. The molecule has 0 spiro atoms. The SMILES string of the molecule is COC(=O)Cc1cc(Br)cc(CCC=O)c1. The maximum absolute atomic E-state index is 11.1. The highest BCUT2D eigenvalue weighted by atomic mass is 79.9. The number of ether oxygens (including phenoxy) is 1. The number of carbonyl (C=O) groups excluding carboxylic acids is 2. The Bertz CT molecular complexity index is 388. The smallest absolute Gasteiger partial charge is 0.309 e. The average molecular weight is 285 g/mol. The summed E-state index contributed by atoms with van der Waals surface area (Å²) in [6.07, 6.45) is 2.33. The summed E-state index contributed by atoms with van der Waals surface area (Å²) >= 11 is 3.38. The topological polar surface area (TPSA) is 43.4 Å². The normalized spacial score (nSPS) is 9.88. The second kappa shape index (κ2) is 6.43. The number of esters is 1. The molecule has 0 atom stereocenters. The predicted octanol–water partition coefficient (Wildman–Crippen LogP) is 2.30. The van der Waals surface area contributed by atoms with Gasteiger partial charge in [0.05, 0.1) is 13.5 Å². The highest BCUT2D eigenvalue weighted by Crippen LogP contribution is 2.17. The molecule has 0 amide bonds. The van der Waals surface area contributed by atoms with Crippen molar-refractivity contribution >= 4 is 28.2 Å². The number of aldehydes is 1. The third kappa shape index (κ3) is 4.14. The lowest BCUT2D eigenvalue weighted by Crippen LogP contribution is -2.05. The predicted molar refractivity (Wildman–Crippen MR) is 64.2 cm³/mol. The van der Waals surface area contributed by atoms with Gasteiger partial charge in [0.25, 0.3) is 0 Å². The Balaban J connectivity index is 2.80. The Morgan fingerprint density at radius 2 is 2.06 bits per heavy atom. The third-order valence-corrected chi connectivity index (χ3v) is 2.60. The molecule has 0 N–H and O–H groups in total. The van der Waals surface area contributed by atoms with E-state index in [1.807, 2.05) is 18.2 Å². The minimum absolute atomic E-state index is 0.254. The number of carbonyl (C=O) groups is 2. The van der Waals surface area contributed by atoms with E-state index in [0.717, 1.165) is 21.9 Å². The summed E-state index contributed by atoms with van der Waals surface area (Å²) in [7, 11) is 1.37. The molecule has 0 aromatic heterocycles. The highest BCUT2D eigenvalue weighted by molar-refractivity contribution is 9.10. The maximum atomic E-state index is 11.1. The molecule has 0 saturated carbocycles. The second-order valence-electron chi connectivity index (χ2n) is 3.43. The Morgan fingerprint density at radius 1 is 1.38 bits per heavy atom. The lowest BCUT2D eigenvalue weighted by molar-refractivity contribution is -0.139. The van der Waals surface area contributed by atoms with Gasteiger partial charge in [-0.2, -0.15) is 0 Å². The van der Waals surface area contributed by atoms with E-state index in [9.17, 15) is 9.59 Å². The maximum Gasteiger partial charge on any atom is 0.309 e. The zero-order valence-corrected chi connectivity index (χ0v) is 10.6. The van der Waals surface area contributed by atoms with Crippen molar-refractivity contribution in [3.8, 4) is 0 Å². The van der Waals surface area contributed by atoms with Crippen LogP contribution in [0.5, 0.6) is 0 Å². The molecule has 4 heteroatoms. The van der Waals surface area contributed by atoms with Gasteiger partial charge in [-0.15, -0.1) is 0 Å². The molecule has 0 fully saturated rings. The van der Waals surface area contributed by atoms with Crippen molar-refractivity contribution in [2.45, 2.75) is 19.3 Å². The lowest BCUT2D eigenvalue weighted by Gasteiger charge is -2.05. The van der Waals surface area contributed by atoms with Crippen LogP contribution in [-0.2, 0) is 27.2 Å². The summed E-state index contributed by atoms with van der Waals surface area (Å²) in [6.45, 7) is 0. The lowest BCUT2D eigenvalue weighted by atomic mass is 10.0. The van der Waals surface area contributed by atoms with E-state index in [0.29, 0.717) is 12.8 Å². The van der Waals surface area contributed by atoms with E-state index >= 15 is 0 Å². The molecule has 16 heavy (non-hydrogen) atoms. The van der Waals surface area contributed by atoms with Crippen LogP contribution in [0.3, 0.4) is 0 Å². The monoisotopic (exact) mass is 284 g/mol. The molecule has 0 bridgehead atoms. The first-order chi connectivity index (χ1) is 7.65. The minimum atomic E-state index is -0.264. The van der Waals surface area contributed by atoms with Crippen molar-refractivity contribution in [3.05, 3.63) is 33.8 Å². The summed E-state index contributed by atoms with van der Waals surface area (Å²) in [5, 5.41) is 0. The fraction of sp³-hybridized carbons (Fsp3) is 0.333. The van der Waals surface area contributed by atoms with E-state index < -0.39 is 0 Å². The van der Waals surface area contributed by atoms with E-state index in [1.54, 1.807) is 0 Å². The van der Waals surface area contributed by atoms with Gasteiger partial charge in [0, 0.05) is 10.9 Å². The molecule has 0 aliphatic rings. The number of hydrogen-bond donors (Lipinski definition) is 0. The van der Waals surface area contributed by atoms with Gasteiger partial charge in [0.15, 0.2) is 0 Å². The second-order valence-corrected chi connectivity index (χ2v) is 4.34. The van der Waals surface area contributed by atoms with Crippen LogP contribution in [0.2, 0.25) is 0 Å². The first kappa shape index (κ1) is 12.9. The molecule has 0 aliphatic carbocycles. The Labute approximate surface area is 103 Å². The van der Waals surface area contributed by atoms with Crippen LogP contribution in [0.25, 0.3) is 0 Å². The summed E-state index contributed by atoms with van der Waals surface area (Å²) in [6, 6.07) is 5.75. The highest BCUT2D eigenvalue weighted by Gasteiger charge is 2.05. The van der Waals surface area contributed by atoms with Crippen LogP contribution in [0, 0.1) is 0 Å². The standard InChI is InChI=1S/C12H13BrO3/c1-16-12(15)8-10-5-9(3-2-4-14)6-11(13)7-10/h4-7H,2-3,8H2,1H3. The summed E-state index contributed by atoms with van der Waals surface area (Å²) < 4.78 is 5.52. The molecule has 1 aromatic carbocycles. The quantitative estimate of drug-likeness (QED) is 0.616. The largest absolute Gasteiger partial charge is 0.469 e. The number of methoxy groups -OCH3 is 1. The van der Waals surface area contributed by atoms with Crippen molar-refractivity contribution in [2.24, 2.45) is 0 Å². The molecule has 0 heterocycles. The van der Waals surface area contributed by atoms with Crippen molar-refractivity contribution in [1.82, 2.24) is 0 Å². The molecule has 1 aromatic rings. The van der Waals surface area contributed by atoms with Gasteiger partial charge in [-0.05, 0) is 29.7 Å². The number of aryl methyl sites for hydroxylation is 1. The first-order valence-corrected chi connectivity index (χ1v) is 5.74. The van der Waals surface area contributed by atoms with Crippen LogP contribution in [-0.4, -0.2) is 19.4 Å². The van der Waals surface area contributed by atoms with Crippen LogP contribution >= 0.6 is 15.9 Å². The van der Waals surface area contributed by atoms with Gasteiger partial charge in [-0.3, -0.25) is 4.79 Å². The van der Waals surface area contributed by atoms with E-state index in [-0.39, 0.29) is 12.4 Å². The van der Waals surface area contributed by atoms with Crippen LogP contribution < -0.4 is 0 Å². The van der Waals surface area contributed by atoms with Crippen molar-refractivity contribution < 1.29 is 14.3 Å². The van der Waals surface area contributed by atoms with Crippen molar-refractivity contribution in [2.75, 3.05) is 7.11 Å². The summed E-state index contributed by atoms with van der Waals surface area (Å²) in [5.41, 5.74) is 1.93. The van der Waals surface area contributed by atoms with Gasteiger partial charge in [-0.1, -0.05) is 22.0 Å². The average Bonchev–Trinajstić information content (AvgIpc) is 2.25. The number of hydrogen-bond acceptors (Lipinski definition) is 3. The number of rotatable bonds is 5. The van der Waals surface area contributed by atoms with Crippen molar-refractivity contribution in [1.29, 1.82) is 0 Å². The zero-order chi connectivity index (χ0) is 12.0. The fourth-order valence-electron chi connectivity index (χ4n) is 1.43. The minimum Gasteiger partial charge on any atom is -0.469 e. The molecule has 3 nitrogen and oxygen atoms in total. The number of benzene rings is 1. The van der Waals surface area contributed by atoms with Crippen LogP contribution in [0.1, 0.15) is 17.5 Å². The fourth-order valence-corrected chi connectivity index (χ4v) is 2.02. The molecule has 0 unspecified atom stereocenters. The number of halogens is 1. The van der Waals surface area contributed by atoms with Gasteiger partial charge in [-0.25, -0.2) is 0 Å². The van der Waals surface area contributed by atoms with Gasteiger partial charge in [0.1, 0.15) is 6.29 Å². The summed E-state index contributed by atoms with van der Waals surface area (Å²) in [4.78, 5) is 21.4. The molecule has 0 saturated heterocycles. The molecule has 86 valence electrons. The first-order valence-electron chi connectivity index (χ1n) is 4.94. The zero-order valence-electron chi connectivity index (χ0n) is 9.03. The van der Waals surface area contributed by atoms with E-state index in [2.05, 4.69) is 20.7 Å². The van der Waals surface area contributed by atoms with Crippen LogP contribution in [0.15, 0.2) is 22.7 Å². The van der Waals surface area contributed by atoms with Crippen molar-refractivity contribution in [3.63, 3.8) is 0 Å². The third-order valence-electron chi connectivity index (χ3n) is 2.14. The Morgan fingerprint density at radius 3 is 2.69 bits per heavy atom. The molecule has 1 rings (SSSR count). The van der Waals surface area contributed by atoms with E-state index in [1.165, 1.54) is 7.11 Å². The van der Waals surface area contributed by atoms with Gasteiger partial charge < -0.3 is 9.53 Å². The molecular weight excluding hydrogens is 272 g/mol. The molecule has 0 radical (unpaired) electrons. The van der Waals surface area contributed by atoms with E-state index in [4.69, 9.17) is 0 Å². The van der Waals surface area contributed by atoms with Crippen LogP contribution in [0.4, 0.5) is 0 Å². The Hall–Kier alpha value is -1.16. The molecule has 0 aliphatic heterocycles. The van der Waals surface area contributed by atoms with Gasteiger partial charge in [0.2, 0.25) is 0 Å². The Kier molecular flexibility index (Phi) is 5.19. The van der Waals surface area contributed by atoms with Gasteiger partial charge >= 0.3 is 5.97 Å². The summed E-state index contributed by atoms with van der Waals surface area (Å²) in [5.74, 6) is -0.264.